The topological polar surface area (TPSA) is 108 Å². The van der Waals surface area contributed by atoms with Crippen molar-refractivity contribution in [2.75, 3.05) is 11.3 Å². The lowest BCUT2D eigenvalue weighted by Gasteiger charge is -2.13. The number of ether oxygens (including phenoxy) is 2. The largest absolute Gasteiger partial charge is 0.492 e. The second-order valence-corrected chi connectivity index (χ2v) is 9.89. The van der Waals surface area contributed by atoms with Crippen molar-refractivity contribution in [3.63, 3.8) is 0 Å². The van der Waals surface area contributed by atoms with Gasteiger partial charge >= 0.3 is 0 Å². The van der Waals surface area contributed by atoms with Crippen molar-refractivity contribution in [1.82, 2.24) is 20.0 Å². The first-order valence-corrected chi connectivity index (χ1v) is 12.6. The van der Waals surface area contributed by atoms with Crippen LogP contribution in [0.5, 0.6) is 17.4 Å². The van der Waals surface area contributed by atoms with Crippen molar-refractivity contribution >= 4 is 31.6 Å². The first-order valence-electron chi connectivity index (χ1n) is 10.4. The number of nitrogens with one attached hydrogen (secondary N) is 1. The van der Waals surface area contributed by atoms with Gasteiger partial charge in [-0.1, -0.05) is 15.9 Å². The van der Waals surface area contributed by atoms with E-state index >= 15 is 0 Å². The molecule has 9 nitrogen and oxygen atoms in total. The molecular weight excluding hydrogens is 522 g/mol. The molecule has 0 atom stereocenters. The summed E-state index contributed by atoms with van der Waals surface area (Å²) in [4.78, 5) is 0.0435. The Morgan fingerprint density at radius 1 is 1.00 bits per heavy atom. The molecular formula is C23H22BrN5O4S. The maximum Gasteiger partial charge on any atom is 0.265 e. The molecule has 4 rings (SSSR count). The number of benzene rings is 2. The fraction of sp³-hybridized carbons (Fsp3) is 0.174. The lowest BCUT2D eigenvalue weighted by molar-refractivity contribution is 0.331. The zero-order chi connectivity index (χ0) is 24.3. The van der Waals surface area contributed by atoms with Crippen LogP contribution in [-0.2, 0) is 10.0 Å². The predicted molar refractivity (Wildman–Crippen MR) is 131 cm³/mol. The summed E-state index contributed by atoms with van der Waals surface area (Å²) in [5.41, 5.74) is 2.22. The predicted octanol–water partition coefficient (Wildman–Crippen LogP) is 5.03. The minimum atomic E-state index is -3.87. The highest BCUT2D eigenvalue weighted by atomic mass is 79.9. The average molecular weight is 544 g/mol. The summed E-state index contributed by atoms with van der Waals surface area (Å²) in [6.07, 6.45) is 0. The Balaban J connectivity index is 1.46. The van der Waals surface area contributed by atoms with E-state index in [0.717, 1.165) is 11.4 Å². The first kappa shape index (κ1) is 23.7. The van der Waals surface area contributed by atoms with Crippen LogP contribution in [-0.4, -0.2) is 35.0 Å². The molecule has 1 N–H and O–H groups in total. The Bertz CT molecular complexity index is 1400. The number of rotatable bonds is 8. The third-order valence-electron chi connectivity index (χ3n) is 4.68. The number of halogens is 1. The second-order valence-electron chi connectivity index (χ2n) is 7.32. The molecule has 11 heteroatoms. The molecule has 0 aliphatic rings. The number of sulfonamides is 1. The summed E-state index contributed by atoms with van der Waals surface area (Å²) in [5, 5.41) is 12.6. The van der Waals surface area contributed by atoms with Gasteiger partial charge < -0.3 is 9.47 Å². The van der Waals surface area contributed by atoms with E-state index < -0.39 is 10.0 Å². The van der Waals surface area contributed by atoms with Gasteiger partial charge in [0.05, 0.1) is 12.3 Å². The van der Waals surface area contributed by atoms with Crippen LogP contribution in [0.4, 0.5) is 5.69 Å². The molecule has 0 amide bonds. The lowest BCUT2D eigenvalue weighted by Crippen LogP contribution is -2.14. The van der Waals surface area contributed by atoms with E-state index in [2.05, 4.69) is 35.9 Å². The Hall–Kier alpha value is -3.44. The molecule has 0 saturated heterocycles. The fourth-order valence-electron chi connectivity index (χ4n) is 3.23. The van der Waals surface area contributed by atoms with Crippen molar-refractivity contribution < 1.29 is 17.9 Å². The van der Waals surface area contributed by atoms with Crippen LogP contribution < -0.4 is 14.2 Å². The second kappa shape index (κ2) is 9.82. The van der Waals surface area contributed by atoms with Crippen LogP contribution in [0.1, 0.15) is 18.3 Å². The van der Waals surface area contributed by atoms with E-state index in [0.29, 0.717) is 34.2 Å². The Labute approximate surface area is 205 Å². The third-order valence-corrected chi connectivity index (χ3v) is 6.57. The van der Waals surface area contributed by atoms with Gasteiger partial charge in [-0.15, -0.1) is 10.2 Å². The van der Waals surface area contributed by atoms with Crippen LogP contribution >= 0.6 is 15.9 Å². The molecule has 0 radical (unpaired) electrons. The molecule has 176 valence electrons. The molecule has 0 aliphatic carbocycles. The molecule has 0 unspecified atom stereocenters. The van der Waals surface area contributed by atoms with Crippen LogP contribution in [0.25, 0.3) is 5.82 Å². The maximum absolute atomic E-state index is 12.9. The summed E-state index contributed by atoms with van der Waals surface area (Å²) >= 11 is 3.31. The summed E-state index contributed by atoms with van der Waals surface area (Å²) in [6, 6.07) is 16.7. The fourth-order valence-corrected chi connectivity index (χ4v) is 4.97. The smallest absolute Gasteiger partial charge is 0.265 e. The van der Waals surface area contributed by atoms with E-state index in [4.69, 9.17) is 9.47 Å². The summed E-state index contributed by atoms with van der Waals surface area (Å²) in [6.45, 7) is 5.99. The van der Waals surface area contributed by atoms with Gasteiger partial charge in [-0.05, 0) is 75.4 Å². The van der Waals surface area contributed by atoms with Crippen LogP contribution in [0, 0.1) is 13.8 Å². The third kappa shape index (κ3) is 5.37. The Morgan fingerprint density at radius 3 is 2.38 bits per heavy atom. The van der Waals surface area contributed by atoms with Crippen LogP contribution in [0.3, 0.4) is 0 Å². The van der Waals surface area contributed by atoms with Gasteiger partial charge in [-0.3, -0.25) is 4.72 Å². The van der Waals surface area contributed by atoms with Gasteiger partial charge in [0, 0.05) is 21.9 Å². The van der Waals surface area contributed by atoms with E-state index in [9.17, 15) is 8.42 Å². The zero-order valence-electron chi connectivity index (χ0n) is 18.7. The highest BCUT2D eigenvalue weighted by molar-refractivity contribution is 9.10. The van der Waals surface area contributed by atoms with Crippen molar-refractivity contribution in [1.29, 1.82) is 0 Å². The van der Waals surface area contributed by atoms with Gasteiger partial charge in [-0.25, -0.2) is 13.1 Å². The van der Waals surface area contributed by atoms with Gasteiger partial charge in [0.2, 0.25) is 5.88 Å². The Kier molecular flexibility index (Phi) is 6.85. The summed E-state index contributed by atoms with van der Waals surface area (Å²) in [7, 11) is -3.87. The summed E-state index contributed by atoms with van der Waals surface area (Å²) < 4.78 is 42.0. The minimum Gasteiger partial charge on any atom is -0.492 e. The van der Waals surface area contributed by atoms with Crippen LogP contribution in [0.15, 0.2) is 70.0 Å². The molecule has 0 bridgehead atoms. The lowest BCUT2D eigenvalue weighted by atomic mass is 10.3. The van der Waals surface area contributed by atoms with Crippen molar-refractivity contribution in [3.05, 3.63) is 76.5 Å². The van der Waals surface area contributed by atoms with Gasteiger partial charge in [-0.2, -0.15) is 5.10 Å². The number of hydrogen-bond acceptors (Lipinski definition) is 7. The van der Waals surface area contributed by atoms with E-state index in [1.54, 1.807) is 60.1 Å². The van der Waals surface area contributed by atoms with E-state index in [-0.39, 0.29) is 10.6 Å². The van der Waals surface area contributed by atoms with E-state index in [1.807, 2.05) is 19.9 Å². The van der Waals surface area contributed by atoms with E-state index in [1.165, 1.54) is 6.07 Å². The van der Waals surface area contributed by atoms with Gasteiger partial charge in [0.25, 0.3) is 10.0 Å². The molecule has 0 aliphatic heterocycles. The highest BCUT2D eigenvalue weighted by Crippen LogP contribution is 2.30. The van der Waals surface area contributed by atoms with Crippen molar-refractivity contribution in [2.45, 2.75) is 25.7 Å². The first-order chi connectivity index (χ1) is 16.2. The number of anilines is 1. The molecule has 2 aromatic carbocycles. The monoisotopic (exact) mass is 543 g/mol. The van der Waals surface area contributed by atoms with Crippen molar-refractivity contribution in [2.24, 2.45) is 0 Å². The minimum absolute atomic E-state index is 0.0435. The standard InChI is InChI=1S/C23H22BrN5O4S/c1-4-32-20-10-5-17(24)14-21(20)34(30,31)28-18-6-8-19(9-7-18)33-23-12-11-22(25-26-23)29-16(3)13-15(2)27-29/h5-14,28H,4H2,1-3H3. The van der Waals surface area contributed by atoms with Gasteiger partial charge in [0.15, 0.2) is 5.82 Å². The normalized spacial score (nSPS) is 11.3. The van der Waals surface area contributed by atoms with Crippen molar-refractivity contribution in [3.8, 4) is 23.2 Å². The molecule has 0 fully saturated rings. The molecule has 34 heavy (non-hydrogen) atoms. The molecule has 0 saturated carbocycles. The number of nitrogens with zero attached hydrogens (tertiary/aromatic N) is 4. The Morgan fingerprint density at radius 2 is 1.76 bits per heavy atom. The number of aromatic nitrogens is 4. The molecule has 2 heterocycles. The highest BCUT2D eigenvalue weighted by Gasteiger charge is 2.20. The molecule has 0 spiro atoms. The van der Waals surface area contributed by atoms with Crippen LogP contribution in [0.2, 0.25) is 0 Å². The number of hydrogen-bond donors (Lipinski definition) is 1. The quantitative estimate of drug-likeness (QED) is 0.331. The number of aryl methyl sites for hydroxylation is 2. The van der Waals surface area contributed by atoms with Gasteiger partial charge in [0.1, 0.15) is 16.4 Å². The average Bonchev–Trinajstić information content (AvgIpc) is 3.14. The summed E-state index contributed by atoms with van der Waals surface area (Å²) in [5.74, 6) is 1.64. The molecule has 4 aromatic rings. The molecule has 2 aromatic heterocycles. The zero-order valence-corrected chi connectivity index (χ0v) is 21.1. The SMILES string of the molecule is CCOc1ccc(Br)cc1S(=O)(=O)Nc1ccc(Oc2ccc(-n3nc(C)cc3C)nn2)cc1. The maximum atomic E-state index is 12.9.